The summed E-state index contributed by atoms with van der Waals surface area (Å²) in [6, 6.07) is 7.59. The molecule has 0 atom stereocenters. The summed E-state index contributed by atoms with van der Waals surface area (Å²) in [5, 5.41) is 10.6. The van der Waals surface area contributed by atoms with E-state index in [0.29, 0.717) is 5.75 Å². The SMILES string of the molecule is CC(C)(C)c1[nH]ncc1CNCc1ccc(OCC(N)=O)cc1. The van der Waals surface area contributed by atoms with Gasteiger partial charge in [0.05, 0.1) is 6.20 Å². The zero-order valence-electron chi connectivity index (χ0n) is 13.8. The van der Waals surface area contributed by atoms with E-state index in [-0.39, 0.29) is 12.0 Å². The second-order valence-corrected chi connectivity index (χ2v) is 6.52. The Morgan fingerprint density at radius 1 is 1.26 bits per heavy atom. The number of carbonyl (C=O) groups is 1. The summed E-state index contributed by atoms with van der Waals surface area (Å²) in [5.74, 6) is 0.155. The molecule has 2 rings (SSSR count). The fourth-order valence-corrected chi connectivity index (χ4v) is 2.29. The van der Waals surface area contributed by atoms with Crippen molar-refractivity contribution in [3.05, 3.63) is 47.3 Å². The first-order valence-corrected chi connectivity index (χ1v) is 7.60. The molecule has 1 amide bonds. The Morgan fingerprint density at radius 3 is 2.57 bits per heavy atom. The van der Waals surface area contributed by atoms with Crippen molar-refractivity contribution >= 4 is 5.91 Å². The number of nitrogens with two attached hydrogens (primary N) is 1. The normalized spacial score (nSPS) is 11.4. The Kier molecular flexibility index (Phi) is 5.39. The third-order valence-corrected chi connectivity index (χ3v) is 3.42. The molecule has 0 bridgehead atoms. The van der Waals surface area contributed by atoms with Crippen LogP contribution in [-0.2, 0) is 23.3 Å². The number of nitrogens with one attached hydrogen (secondary N) is 2. The fourth-order valence-electron chi connectivity index (χ4n) is 2.29. The van der Waals surface area contributed by atoms with Crippen molar-refractivity contribution in [2.24, 2.45) is 5.73 Å². The van der Waals surface area contributed by atoms with E-state index in [0.717, 1.165) is 24.3 Å². The van der Waals surface area contributed by atoms with Gasteiger partial charge in [-0.25, -0.2) is 0 Å². The van der Waals surface area contributed by atoms with Crippen molar-refractivity contribution in [2.75, 3.05) is 6.61 Å². The van der Waals surface area contributed by atoms with Crippen LogP contribution in [0.1, 0.15) is 37.6 Å². The molecule has 0 aliphatic carbocycles. The molecule has 0 fully saturated rings. The molecule has 6 nitrogen and oxygen atoms in total. The standard InChI is InChI=1S/C17H24N4O2/c1-17(2,3)16-13(10-20-21-16)9-19-8-12-4-6-14(7-5-12)23-11-15(18)22/h4-7,10,19H,8-9,11H2,1-3H3,(H2,18,22)(H,20,21). The maximum absolute atomic E-state index is 10.7. The molecule has 0 saturated heterocycles. The summed E-state index contributed by atoms with van der Waals surface area (Å²) < 4.78 is 5.23. The van der Waals surface area contributed by atoms with Gasteiger partial charge in [-0.3, -0.25) is 9.89 Å². The predicted octanol–water partition coefficient (Wildman–Crippen LogP) is 1.86. The van der Waals surface area contributed by atoms with Crippen LogP contribution in [0.5, 0.6) is 5.75 Å². The van der Waals surface area contributed by atoms with E-state index in [4.69, 9.17) is 10.5 Å². The number of benzene rings is 1. The average Bonchev–Trinajstić information content (AvgIpc) is 2.95. The van der Waals surface area contributed by atoms with Crippen molar-refractivity contribution in [2.45, 2.75) is 39.3 Å². The molecule has 1 aromatic carbocycles. The number of nitrogens with zero attached hydrogens (tertiary/aromatic N) is 1. The molecule has 0 spiro atoms. The molecule has 0 saturated carbocycles. The van der Waals surface area contributed by atoms with E-state index in [1.54, 1.807) is 0 Å². The second-order valence-electron chi connectivity index (χ2n) is 6.52. The van der Waals surface area contributed by atoms with Gasteiger partial charge in [-0.05, 0) is 17.7 Å². The lowest BCUT2D eigenvalue weighted by atomic mass is 9.89. The number of amides is 1. The number of rotatable bonds is 7. The average molecular weight is 316 g/mol. The summed E-state index contributed by atoms with van der Waals surface area (Å²) in [6.45, 7) is 7.88. The van der Waals surface area contributed by atoms with Gasteiger partial charge in [-0.1, -0.05) is 32.9 Å². The molecule has 124 valence electrons. The molecule has 2 aromatic rings. The van der Waals surface area contributed by atoms with E-state index in [9.17, 15) is 4.79 Å². The molecular formula is C17H24N4O2. The van der Waals surface area contributed by atoms with Crippen LogP contribution in [0.4, 0.5) is 0 Å². The molecule has 1 aromatic heterocycles. The molecule has 0 radical (unpaired) electrons. The Hall–Kier alpha value is -2.34. The Balaban J connectivity index is 1.85. The molecular weight excluding hydrogens is 292 g/mol. The molecule has 1 heterocycles. The van der Waals surface area contributed by atoms with Gasteiger partial charge in [0.15, 0.2) is 6.61 Å². The Labute approximate surface area is 136 Å². The van der Waals surface area contributed by atoms with Crippen LogP contribution >= 0.6 is 0 Å². The predicted molar refractivity (Wildman–Crippen MR) is 89.0 cm³/mol. The number of hydrogen-bond donors (Lipinski definition) is 3. The van der Waals surface area contributed by atoms with Gasteiger partial charge in [0, 0.05) is 29.8 Å². The molecule has 4 N–H and O–H groups in total. The Bertz CT molecular complexity index is 641. The van der Waals surface area contributed by atoms with E-state index in [1.807, 2.05) is 30.5 Å². The van der Waals surface area contributed by atoms with Crippen molar-refractivity contribution in [3.8, 4) is 5.75 Å². The molecule has 0 aliphatic rings. The lowest BCUT2D eigenvalue weighted by Crippen LogP contribution is -2.20. The van der Waals surface area contributed by atoms with Crippen LogP contribution in [0, 0.1) is 0 Å². The van der Waals surface area contributed by atoms with Crippen LogP contribution in [-0.4, -0.2) is 22.7 Å². The lowest BCUT2D eigenvalue weighted by molar-refractivity contribution is -0.119. The van der Waals surface area contributed by atoms with Crippen LogP contribution in [0.15, 0.2) is 30.5 Å². The maximum Gasteiger partial charge on any atom is 0.255 e. The number of aromatic amines is 1. The smallest absolute Gasteiger partial charge is 0.255 e. The van der Waals surface area contributed by atoms with E-state index in [2.05, 4.69) is 36.3 Å². The van der Waals surface area contributed by atoms with Crippen molar-refractivity contribution in [1.29, 1.82) is 0 Å². The van der Waals surface area contributed by atoms with E-state index >= 15 is 0 Å². The van der Waals surface area contributed by atoms with Crippen molar-refractivity contribution < 1.29 is 9.53 Å². The Morgan fingerprint density at radius 2 is 1.96 bits per heavy atom. The lowest BCUT2D eigenvalue weighted by Gasteiger charge is -2.18. The summed E-state index contributed by atoms with van der Waals surface area (Å²) >= 11 is 0. The summed E-state index contributed by atoms with van der Waals surface area (Å²) in [6.07, 6.45) is 1.87. The second kappa shape index (κ2) is 7.28. The maximum atomic E-state index is 10.7. The largest absolute Gasteiger partial charge is 0.484 e. The monoisotopic (exact) mass is 316 g/mol. The first kappa shape index (κ1) is 17.0. The van der Waals surface area contributed by atoms with Gasteiger partial charge >= 0.3 is 0 Å². The van der Waals surface area contributed by atoms with Gasteiger partial charge in [0.1, 0.15) is 5.75 Å². The fraction of sp³-hybridized carbons (Fsp3) is 0.412. The van der Waals surface area contributed by atoms with Crippen molar-refractivity contribution in [3.63, 3.8) is 0 Å². The number of primary amides is 1. The van der Waals surface area contributed by atoms with Crippen LogP contribution < -0.4 is 15.8 Å². The molecule has 23 heavy (non-hydrogen) atoms. The minimum Gasteiger partial charge on any atom is -0.484 e. The van der Waals surface area contributed by atoms with Crippen LogP contribution in [0.25, 0.3) is 0 Å². The minimum atomic E-state index is -0.481. The van der Waals surface area contributed by atoms with Gasteiger partial charge in [0.2, 0.25) is 0 Å². The number of aromatic nitrogens is 2. The van der Waals surface area contributed by atoms with Gasteiger partial charge in [-0.2, -0.15) is 5.10 Å². The number of carbonyl (C=O) groups excluding carboxylic acids is 1. The zero-order valence-corrected chi connectivity index (χ0v) is 13.8. The highest BCUT2D eigenvalue weighted by atomic mass is 16.5. The highest BCUT2D eigenvalue weighted by molar-refractivity contribution is 5.75. The van der Waals surface area contributed by atoms with E-state index in [1.165, 1.54) is 5.56 Å². The summed E-state index contributed by atoms with van der Waals surface area (Å²) in [4.78, 5) is 10.7. The first-order valence-electron chi connectivity index (χ1n) is 7.60. The minimum absolute atomic E-state index is 0.0485. The van der Waals surface area contributed by atoms with E-state index < -0.39 is 5.91 Å². The number of H-pyrrole nitrogens is 1. The number of ether oxygens (including phenoxy) is 1. The number of hydrogen-bond acceptors (Lipinski definition) is 4. The van der Waals surface area contributed by atoms with Crippen molar-refractivity contribution in [1.82, 2.24) is 15.5 Å². The highest BCUT2D eigenvalue weighted by Crippen LogP contribution is 2.23. The first-order chi connectivity index (χ1) is 10.9. The van der Waals surface area contributed by atoms with Gasteiger partial charge < -0.3 is 15.8 Å². The molecule has 0 aliphatic heterocycles. The third-order valence-electron chi connectivity index (χ3n) is 3.42. The van der Waals surface area contributed by atoms with Crippen LogP contribution in [0.2, 0.25) is 0 Å². The zero-order chi connectivity index (χ0) is 16.9. The molecule has 0 unspecified atom stereocenters. The summed E-state index contributed by atoms with van der Waals surface area (Å²) in [7, 11) is 0. The third kappa shape index (κ3) is 5.10. The van der Waals surface area contributed by atoms with Gasteiger partial charge in [0.25, 0.3) is 5.91 Å². The highest BCUT2D eigenvalue weighted by Gasteiger charge is 2.19. The van der Waals surface area contributed by atoms with Gasteiger partial charge in [-0.15, -0.1) is 0 Å². The quantitative estimate of drug-likeness (QED) is 0.727. The summed E-state index contributed by atoms with van der Waals surface area (Å²) in [5.41, 5.74) is 8.56. The molecule has 6 heteroatoms. The topological polar surface area (TPSA) is 93.0 Å². The van der Waals surface area contributed by atoms with Crippen LogP contribution in [0.3, 0.4) is 0 Å².